The van der Waals surface area contributed by atoms with Gasteiger partial charge in [0.15, 0.2) is 0 Å². The summed E-state index contributed by atoms with van der Waals surface area (Å²) < 4.78 is 13.1. The number of nitrogens with zero attached hydrogens (tertiary/aromatic N) is 1. The van der Waals surface area contributed by atoms with Crippen LogP contribution in [-0.4, -0.2) is 16.1 Å². The third kappa shape index (κ3) is 3.29. The maximum atomic E-state index is 13.1. The van der Waals surface area contributed by atoms with Crippen molar-refractivity contribution in [1.82, 2.24) is 4.98 Å². The largest absolute Gasteiger partial charge is 0.481 e. The average Bonchev–Trinajstić information content (AvgIpc) is 2.37. The molecule has 0 bridgehead atoms. The van der Waals surface area contributed by atoms with E-state index in [4.69, 9.17) is 11.6 Å². The zero-order valence-electron chi connectivity index (χ0n) is 9.88. The number of rotatable bonds is 4. The van der Waals surface area contributed by atoms with Crippen molar-refractivity contribution < 1.29 is 14.3 Å². The van der Waals surface area contributed by atoms with Gasteiger partial charge in [0.2, 0.25) is 0 Å². The summed E-state index contributed by atoms with van der Waals surface area (Å²) >= 11 is 5.96. The van der Waals surface area contributed by atoms with Gasteiger partial charge in [-0.2, -0.15) is 0 Å². The van der Waals surface area contributed by atoms with Crippen molar-refractivity contribution in [3.8, 4) is 0 Å². The molecule has 5 heteroatoms. The van der Waals surface area contributed by atoms with Gasteiger partial charge in [-0.05, 0) is 36.2 Å². The summed E-state index contributed by atoms with van der Waals surface area (Å²) in [6.07, 6.45) is 1.63. The molecule has 2 rings (SSSR count). The number of hydrogen-bond donors (Lipinski definition) is 1. The van der Waals surface area contributed by atoms with Crippen LogP contribution in [0.1, 0.15) is 17.2 Å². The molecule has 1 atom stereocenters. The molecule has 1 heterocycles. The van der Waals surface area contributed by atoms with Gasteiger partial charge in [-0.1, -0.05) is 23.7 Å². The van der Waals surface area contributed by atoms with Crippen LogP contribution in [0.2, 0.25) is 5.02 Å². The van der Waals surface area contributed by atoms with E-state index in [1.54, 1.807) is 24.3 Å². The Hall–Kier alpha value is -1.94. The molecule has 0 saturated heterocycles. The molecule has 0 amide bonds. The Morgan fingerprint density at radius 3 is 2.79 bits per heavy atom. The van der Waals surface area contributed by atoms with E-state index >= 15 is 0 Å². The number of benzene rings is 1. The van der Waals surface area contributed by atoms with Crippen LogP contribution in [0.15, 0.2) is 42.6 Å². The van der Waals surface area contributed by atoms with Gasteiger partial charge in [-0.3, -0.25) is 9.78 Å². The Labute approximate surface area is 114 Å². The summed E-state index contributed by atoms with van der Waals surface area (Å²) in [5.74, 6) is -2.32. The molecule has 98 valence electrons. The van der Waals surface area contributed by atoms with E-state index < -0.39 is 17.7 Å². The fourth-order valence-electron chi connectivity index (χ4n) is 1.85. The summed E-state index contributed by atoms with van der Waals surface area (Å²) in [6, 6.07) is 9.07. The lowest BCUT2D eigenvalue weighted by molar-refractivity contribution is -0.138. The van der Waals surface area contributed by atoms with Gasteiger partial charge in [0.1, 0.15) is 11.7 Å². The molecule has 1 aromatic heterocycles. The van der Waals surface area contributed by atoms with Crippen LogP contribution >= 0.6 is 11.6 Å². The molecule has 3 nitrogen and oxygen atoms in total. The molecule has 1 aromatic carbocycles. The number of hydrogen-bond acceptors (Lipinski definition) is 2. The van der Waals surface area contributed by atoms with E-state index in [9.17, 15) is 14.3 Å². The number of aliphatic carboxylic acids is 1. The van der Waals surface area contributed by atoms with Crippen molar-refractivity contribution in [1.29, 1.82) is 0 Å². The molecule has 1 N–H and O–H groups in total. The van der Waals surface area contributed by atoms with Crippen molar-refractivity contribution in [2.24, 2.45) is 0 Å². The third-order valence-electron chi connectivity index (χ3n) is 2.74. The van der Waals surface area contributed by atoms with Gasteiger partial charge in [0.25, 0.3) is 0 Å². The van der Waals surface area contributed by atoms with Gasteiger partial charge < -0.3 is 5.11 Å². The Bertz CT molecular complexity index is 604. The molecule has 1 unspecified atom stereocenters. The number of carbonyl (C=O) groups is 1. The van der Waals surface area contributed by atoms with Crippen molar-refractivity contribution in [2.45, 2.75) is 12.3 Å². The molecule has 2 aromatic rings. The molecule has 0 aliphatic rings. The Kier molecular flexibility index (Phi) is 4.12. The fraction of sp³-hybridized carbons (Fsp3) is 0.143. The minimum absolute atomic E-state index is 0.143. The average molecular weight is 280 g/mol. The molecular formula is C14H11ClFNO2. The fourth-order valence-corrected chi connectivity index (χ4v) is 2.11. The lowest BCUT2D eigenvalue weighted by atomic mass is 9.95. The molecule has 19 heavy (non-hydrogen) atoms. The number of carboxylic acid groups (broad SMARTS) is 1. The lowest BCUT2D eigenvalue weighted by Crippen LogP contribution is -2.16. The van der Waals surface area contributed by atoms with Crippen LogP contribution in [0, 0.1) is 5.82 Å². The highest BCUT2D eigenvalue weighted by molar-refractivity contribution is 6.31. The Morgan fingerprint density at radius 2 is 2.16 bits per heavy atom. The van der Waals surface area contributed by atoms with Crippen LogP contribution in [-0.2, 0) is 11.2 Å². The van der Waals surface area contributed by atoms with Crippen molar-refractivity contribution in [3.63, 3.8) is 0 Å². The van der Waals surface area contributed by atoms with Crippen molar-refractivity contribution >= 4 is 17.6 Å². The van der Waals surface area contributed by atoms with E-state index in [-0.39, 0.29) is 6.42 Å². The highest BCUT2D eigenvalue weighted by atomic mass is 35.5. The summed E-state index contributed by atoms with van der Waals surface area (Å²) in [7, 11) is 0. The van der Waals surface area contributed by atoms with Gasteiger partial charge in [0.05, 0.1) is 10.7 Å². The summed E-state index contributed by atoms with van der Waals surface area (Å²) in [4.78, 5) is 15.4. The van der Waals surface area contributed by atoms with E-state index in [0.717, 1.165) is 0 Å². The summed E-state index contributed by atoms with van der Waals surface area (Å²) in [6.45, 7) is 0. The van der Waals surface area contributed by atoms with Crippen molar-refractivity contribution in [2.75, 3.05) is 0 Å². The zero-order valence-corrected chi connectivity index (χ0v) is 10.6. The second-order valence-electron chi connectivity index (χ2n) is 4.10. The predicted octanol–water partition coefficient (Wildman–Crippen LogP) is 3.29. The first-order valence-electron chi connectivity index (χ1n) is 5.65. The molecule has 0 fully saturated rings. The van der Waals surface area contributed by atoms with Crippen LogP contribution in [0.3, 0.4) is 0 Å². The maximum Gasteiger partial charge on any atom is 0.312 e. The van der Waals surface area contributed by atoms with E-state index in [1.807, 2.05) is 0 Å². The maximum absolute atomic E-state index is 13.1. The Balaban J connectivity index is 2.32. The third-order valence-corrected chi connectivity index (χ3v) is 3.06. The molecular weight excluding hydrogens is 269 g/mol. The van der Waals surface area contributed by atoms with Gasteiger partial charge in [-0.25, -0.2) is 4.39 Å². The second kappa shape index (κ2) is 5.80. The predicted molar refractivity (Wildman–Crippen MR) is 69.7 cm³/mol. The van der Waals surface area contributed by atoms with Crippen molar-refractivity contribution in [3.05, 3.63) is 64.7 Å². The van der Waals surface area contributed by atoms with Crippen LogP contribution in [0.25, 0.3) is 0 Å². The van der Waals surface area contributed by atoms with E-state index in [1.165, 1.54) is 18.3 Å². The topological polar surface area (TPSA) is 50.2 Å². The summed E-state index contributed by atoms with van der Waals surface area (Å²) in [5, 5.41) is 9.59. The number of carboxylic acids is 1. The highest BCUT2D eigenvalue weighted by Crippen LogP contribution is 2.26. The molecule has 0 saturated carbocycles. The first kappa shape index (κ1) is 13.5. The normalized spacial score (nSPS) is 12.1. The first-order chi connectivity index (χ1) is 9.08. The van der Waals surface area contributed by atoms with E-state index in [0.29, 0.717) is 16.3 Å². The quantitative estimate of drug-likeness (QED) is 0.934. The minimum Gasteiger partial charge on any atom is -0.481 e. The zero-order chi connectivity index (χ0) is 13.8. The molecule has 0 aliphatic carbocycles. The SMILES string of the molecule is O=C(O)C(Cc1cccc(F)c1)c1ncccc1Cl. The first-order valence-corrected chi connectivity index (χ1v) is 6.03. The summed E-state index contributed by atoms with van der Waals surface area (Å²) in [5.41, 5.74) is 0.884. The minimum atomic E-state index is -1.04. The number of halogens is 2. The number of pyridine rings is 1. The van der Waals surface area contributed by atoms with Gasteiger partial charge in [-0.15, -0.1) is 0 Å². The number of aromatic nitrogens is 1. The standard InChI is InChI=1S/C14H11ClFNO2/c15-12-5-2-6-17-13(12)11(14(18)19)8-9-3-1-4-10(16)7-9/h1-7,11H,8H2,(H,18,19). The highest BCUT2D eigenvalue weighted by Gasteiger charge is 2.24. The second-order valence-corrected chi connectivity index (χ2v) is 4.50. The molecule has 0 aliphatic heterocycles. The van der Waals surface area contributed by atoms with Crippen LogP contribution < -0.4 is 0 Å². The van der Waals surface area contributed by atoms with Crippen LogP contribution in [0.4, 0.5) is 4.39 Å². The smallest absolute Gasteiger partial charge is 0.312 e. The van der Waals surface area contributed by atoms with Gasteiger partial charge >= 0.3 is 5.97 Å². The molecule has 0 radical (unpaired) electrons. The van der Waals surface area contributed by atoms with E-state index in [2.05, 4.69) is 4.98 Å². The molecule has 0 spiro atoms. The van der Waals surface area contributed by atoms with Gasteiger partial charge in [0, 0.05) is 6.20 Å². The monoisotopic (exact) mass is 279 g/mol. The lowest BCUT2D eigenvalue weighted by Gasteiger charge is -2.13. The van der Waals surface area contributed by atoms with Crippen LogP contribution in [0.5, 0.6) is 0 Å². The Morgan fingerprint density at radius 1 is 1.37 bits per heavy atom.